The first-order chi connectivity index (χ1) is 9.86. The molecule has 1 fully saturated rings. The summed E-state index contributed by atoms with van der Waals surface area (Å²) in [6.45, 7) is 5.50. The Labute approximate surface area is 124 Å². The van der Waals surface area contributed by atoms with E-state index >= 15 is 0 Å². The lowest BCUT2D eigenvalue weighted by Crippen LogP contribution is -2.33. The maximum Gasteiger partial charge on any atom is 0.239 e. The second kappa shape index (κ2) is 5.71. The molecule has 2 amide bonds. The average Bonchev–Trinajstić information content (AvgIpc) is 2.61. The number of imide groups is 1. The van der Waals surface area contributed by atoms with Crippen molar-refractivity contribution >= 4 is 17.5 Å². The molecule has 2 rings (SSSR count). The Kier molecular flexibility index (Phi) is 4.15. The van der Waals surface area contributed by atoms with Gasteiger partial charge in [0, 0.05) is 18.4 Å². The number of carbonyl (C=O) groups excluding carboxylic acids is 2. The van der Waals surface area contributed by atoms with Crippen LogP contribution < -0.4 is 4.90 Å². The van der Waals surface area contributed by atoms with Gasteiger partial charge in [-0.25, -0.2) is 0 Å². The Morgan fingerprint density at radius 2 is 2.05 bits per heavy atom. The molecule has 4 heteroatoms. The molecule has 1 saturated heterocycles. The summed E-state index contributed by atoms with van der Waals surface area (Å²) in [5.74, 6) is 5.48. The van der Waals surface area contributed by atoms with Gasteiger partial charge in [0.2, 0.25) is 11.8 Å². The van der Waals surface area contributed by atoms with Gasteiger partial charge < -0.3 is 5.11 Å². The standard InChI is InChI=1S/C17H19NO3/c1-12-7-8-14(10-13(12)6-4-5-9-19)18-15(20)11-17(2,3)16(18)21/h7-8,10,19H,5,9,11H2,1-3H3. The molecule has 0 radical (unpaired) electrons. The van der Waals surface area contributed by atoms with Gasteiger partial charge in [0.1, 0.15) is 0 Å². The van der Waals surface area contributed by atoms with Gasteiger partial charge in [-0.3, -0.25) is 14.5 Å². The zero-order valence-electron chi connectivity index (χ0n) is 12.6. The molecule has 0 bridgehead atoms. The Bertz CT molecular complexity index is 650. The smallest absolute Gasteiger partial charge is 0.239 e. The van der Waals surface area contributed by atoms with Crippen molar-refractivity contribution in [2.75, 3.05) is 11.5 Å². The molecule has 0 spiro atoms. The van der Waals surface area contributed by atoms with E-state index in [1.165, 1.54) is 4.90 Å². The Morgan fingerprint density at radius 3 is 2.62 bits per heavy atom. The van der Waals surface area contributed by atoms with Crippen molar-refractivity contribution in [3.63, 3.8) is 0 Å². The van der Waals surface area contributed by atoms with E-state index in [1.807, 2.05) is 13.0 Å². The second-order valence-corrected chi connectivity index (χ2v) is 5.87. The highest BCUT2D eigenvalue weighted by molar-refractivity contribution is 6.22. The van der Waals surface area contributed by atoms with E-state index in [0.717, 1.165) is 11.1 Å². The third kappa shape index (κ3) is 2.98. The topological polar surface area (TPSA) is 57.6 Å². The van der Waals surface area contributed by atoms with Crippen LogP contribution in [0.3, 0.4) is 0 Å². The monoisotopic (exact) mass is 285 g/mol. The number of aliphatic hydroxyl groups is 1. The Hall–Kier alpha value is -2.12. The van der Waals surface area contributed by atoms with E-state index in [2.05, 4.69) is 11.8 Å². The highest BCUT2D eigenvalue weighted by Gasteiger charge is 2.45. The summed E-state index contributed by atoms with van der Waals surface area (Å²) in [4.78, 5) is 25.7. The van der Waals surface area contributed by atoms with E-state index in [1.54, 1.807) is 26.0 Å². The predicted octanol–water partition coefficient (Wildman–Crippen LogP) is 2.02. The molecule has 0 unspecified atom stereocenters. The first-order valence-corrected chi connectivity index (χ1v) is 6.94. The lowest BCUT2D eigenvalue weighted by atomic mass is 9.92. The average molecular weight is 285 g/mol. The van der Waals surface area contributed by atoms with Gasteiger partial charge in [0.25, 0.3) is 0 Å². The minimum atomic E-state index is -0.648. The van der Waals surface area contributed by atoms with Crippen molar-refractivity contribution in [3.8, 4) is 11.8 Å². The summed E-state index contributed by atoms with van der Waals surface area (Å²) < 4.78 is 0. The molecule has 4 nitrogen and oxygen atoms in total. The van der Waals surface area contributed by atoms with Crippen LogP contribution in [0.1, 0.15) is 37.8 Å². The molecule has 1 heterocycles. The molecule has 1 aromatic carbocycles. The number of hydrogen-bond donors (Lipinski definition) is 1. The van der Waals surface area contributed by atoms with Crippen molar-refractivity contribution in [2.24, 2.45) is 5.41 Å². The van der Waals surface area contributed by atoms with Crippen LogP contribution in [-0.2, 0) is 9.59 Å². The third-order valence-electron chi connectivity index (χ3n) is 3.56. The number of carbonyl (C=O) groups is 2. The first kappa shape index (κ1) is 15.3. The first-order valence-electron chi connectivity index (χ1n) is 6.94. The van der Waals surface area contributed by atoms with Crippen LogP contribution in [0.2, 0.25) is 0 Å². The van der Waals surface area contributed by atoms with E-state index in [0.29, 0.717) is 12.1 Å². The number of benzene rings is 1. The number of aryl methyl sites for hydroxylation is 1. The minimum Gasteiger partial charge on any atom is -0.395 e. The Balaban J connectivity index is 2.38. The van der Waals surface area contributed by atoms with E-state index in [-0.39, 0.29) is 24.8 Å². The summed E-state index contributed by atoms with van der Waals surface area (Å²) in [5.41, 5.74) is 1.66. The highest BCUT2D eigenvalue weighted by atomic mass is 16.2. The van der Waals surface area contributed by atoms with Gasteiger partial charge in [0.15, 0.2) is 0 Å². The number of anilines is 1. The van der Waals surface area contributed by atoms with Gasteiger partial charge >= 0.3 is 0 Å². The fourth-order valence-electron chi connectivity index (χ4n) is 2.31. The maximum atomic E-state index is 12.3. The molecule has 1 aliphatic heterocycles. The van der Waals surface area contributed by atoms with Crippen LogP contribution in [0.4, 0.5) is 5.69 Å². The maximum absolute atomic E-state index is 12.3. The number of amides is 2. The third-order valence-corrected chi connectivity index (χ3v) is 3.56. The zero-order valence-corrected chi connectivity index (χ0v) is 12.6. The molecule has 0 saturated carbocycles. The van der Waals surface area contributed by atoms with Crippen LogP contribution >= 0.6 is 0 Å². The molecule has 0 atom stereocenters. The largest absolute Gasteiger partial charge is 0.395 e. The van der Waals surface area contributed by atoms with Crippen molar-refractivity contribution in [2.45, 2.75) is 33.6 Å². The lowest BCUT2D eigenvalue weighted by molar-refractivity contribution is -0.124. The second-order valence-electron chi connectivity index (χ2n) is 5.87. The molecule has 21 heavy (non-hydrogen) atoms. The number of hydrogen-bond acceptors (Lipinski definition) is 3. The summed E-state index contributed by atoms with van der Waals surface area (Å²) in [5, 5.41) is 8.77. The van der Waals surface area contributed by atoms with Crippen LogP contribution in [0.5, 0.6) is 0 Å². The summed E-state index contributed by atoms with van der Waals surface area (Å²) in [6, 6.07) is 5.38. The van der Waals surface area contributed by atoms with E-state index in [9.17, 15) is 9.59 Å². The van der Waals surface area contributed by atoms with Crippen molar-refractivity contribution in [1.29, 1.82) is 0 Å². The van der Waals surface area contributed by atoms with Gasteiger partial charge in [0.05, 0.1) is 17.7 Å². The molecule has 110 valence electrons. The zero-order chi connectivity index (χ0) is 15.6. The fraction of sp³-hybridized carbons (Fsp3) is 0.412. The number of rotatable bonds is 2. The van der Waals surface area contributed by atoms with Crippen LogP contribution in [0, 0.1) is 24.2 Å². The normalized spacial score (nSPS) is 16.9. The van der Waals surface area contributed by atoms with Crippen LogP contribution in [-0.4, -0.2) is 23.5 Å². The predicted molar refractivity (Wildman–Crippen MR) is 80.7 cm³/mol. The van der Waals surface area contributed by atoms with E-state index in [4.69, 9.17) is 5.11 Å². The Morgan fingerprint density at radius 1 is 1.33 bits per heavy atom. The van der Waals surface area contributed by atoms with Crippen molar-refractivity contribution in [1.82, 2.24) is 0 Å². The van der Waals surface area contributed by atoms with Gasteiger partial charge in [-0.2, -0.15) is 0 Å². The molecule has 1 aliphatic rings. The van der Waals surface area contributed by atoms with Crippen LogP contribution in [0.15, 0.2) is 18.2 Å². The highest BCUT2D eigenvalue weighted by Crippen LogP contribution is 2.35. The molecular weight excluding hydrogens is 266 g/mol. The number of aliphatic hydroxyl groups excluding tert-OH is 1. The quantitative estimate of drug-likeness (QED) is 0.668. The van der Waals surface area contributed by atoms with E-state index < -0.39 is 5.41 Å². The minimum absolute atomic E-state index is 0.0169. The fourth-order valence-corrected chi connectivity index (χ4v) is 2.31. The van der Waals surface area contributed by atoms with Gasteiger partial charge in [-0.05, 0) is 24.6 Å². The lowest BCUT2D eigenvalue weighted by Gasteiger charge is -2.18. The van der Waals surface area contributed by atoms with Gasteiger partial charge in [-0.1, -0.05) is 31.8 Å². The summed E-state index contributed by atoms with van der Waals surface area (Å²) >= 11 is 0. The van der Waals surface area contributed by atoms with Crippen molar-refractivity contribution < 1.29 is 14.7 Å². The molecule has 0 aliphatic carbocycles. The summed E-state index contributed by atoms with van der Waals surface area (Å²) in [6.07, 6.45) is 0.628. The molecular formula is C17H19NO3. The number of nitrogens with zero attached hydrogens (tertiary/aromatic N) is 1. The molecule has 1 aromatic rings. The van der Waals surface area contributed by atoms with Crippen molar-refractivity contribution in [3.05, 3.63) is 29.3 Å². The molecule has 0 aromatic heterocycles. The summed E-state index contributed by atoms with van der Waals surface area (Å²) in [7, 11) is 0. The SMILES string of the molecule is Cc1ccc(N2C(=O)CC(C)(C)C2=O)cc1C#CCCO. The van der Waals surface area contributed by atoms with Gasteiger partial charge in [-0.15, -0.1) is 0 Å². The molecule has 1 N–H and O–H groups in total. The van der Waals surface area contributed by atoms with Crippen LogP contribution in [0.25, 0.3) is 0 Å².